The average Bonchev–Trinajstić information content (AvgIpc) is 2.88. The number of hydrogen-bond acceptors (Lipinski definition) is 3. The number of nitrogens with zero attached hydrogens (tertiary/aromatic N) is 2. The second kappa shape index (κ2) is 5.63. The molecule has 0 N–H and O–H groups in total. The third-order valence-corrected chi connectivity index (χ3v) is 4.15. The van der Waals surface area contributed by atoms with Gasteiger partial charge in [-0.1, -0.05) is 0 Å². The Hall–Kier alpha value is -1.35. The Morgan fingerprint density at radius 3 is 2.22 bits per heavy atom. The summed E-state index contributed by atoms with van der Waals surface area (Å²) in [6, 6.07) is 0. The van der Waals surface area contributed by atoms with Gasteiger partial charge in [-0.3, -0.25) is 4.68 Å². The molecule has 0 saturated carbocycles. The van der Waals surface area contributed by atoms with Gasteiger partial charge in [-0.2, -0.15) is 18.3 Å². The second-order valence-electron chi connectivity index (χ2n) is 6.40. The first kappa shape index (κ1) is 18.0. The van der Waals surface area contributed by atoms with Gasteiger partial charge in [0.1, 0.15) is 5.73 Å². The van der Waals surface area contributed by atoms with E-state index in [2.05, 4.69) is 5.10 Å². The summed E-state index contributed by atoms with van der Waals surface area (Å²) in [5.41, 5.74) is -3.96. The van der Waals surface area contributed by atoms with Crippen molar-refractivity contribution in [2.75, 3.05) is 0 Å². The van der Waals surface area contributed by atoms with Gasteiger partial charge in [0.2, 0.25) is 0 Å². The van der Waals surface area contributed by atoms with Gasteiger partial charge < -0.3 is 9.31 Å². The molecular formula is C14H19BF4N2O2. The monoisotopic (exact) mass is 334 g/mol. The average molecular weight is 334 g/mol. The number of hydrogen-bond donors (Lipinski definition) is 0. The van der Waals surface area contributed by atoms with E-state index in [1.807, 2.05) is 0 Å². The lowest BCUT2D eigenvalue weighted by molar-refractivity contribution is -0.141. The van der Waals surface area contributed by atoms with Crippen molar-refractivity contribution in [2.45, 2.75) is 58.5 Å². The molecule has 1 aliphatic rings. The van der Waals surface area contributed by atoms with Crippen molar-refractivity contribution in [3.05, 3.63) is 23.2 Å². The van der Waals surface area contributed by atoms with Gasteiger partial charge in [0, 0.05) is 18.3 Å². The van der Waals surface area contributed by atoms with E-state index in [0.29, 0.717) is 0 Å². The van der Waals surface area contributed by atoms with E-state index in [1.165, 1.54) is 0 Å². The normalized spacial score (nSPS) is 21.1. The van der Waals surface area contributed by atoms with Crippen LogP contribution in [0.4, 0.5) is 17.6 Å². The van der Waals surface area contributed by atoms with E-state index in [9.17, 15) is 17.6 Å². The Labute approximate surface area is 132 Å². The smallest absolute Gasteiger partial charge is 0.398 e. The summed E-state index contributed by atoms with van der Waals surface area (Å²) in [7, 11) is -1.34. The maximum absolute atomic E-state index is 14.4. The van der Waals surface area contributed by atoms with E-state index in [1.54, 1.807) is 34.6 Å². The molecule has 0 aliphatic carbocycles. The Kier molecular flexibility index (Phi) is 4.40. The molecule has 2 rings (SSSR count). The van der Waals surface area contributed by atoms with Crippen molar-refractivity contribution >= 4 is 13.2 Å². The second-order valence-corrected chi connectivity index (χ2v) is 6.40. The molecule has 0 atom stereocenters. The molecule has 2 heterocycles. The van der Waals surface area contributed by atoms with Crippen LogP contribution < -0.4 is 0 Å². The van der Waals surface area contributed by atoms with E-state index in [4.69, 9.17) is 9.31 Å². The molecule has 0 bridgehead atoms. The van der Waals surface area contributed by atoms with Crippen LogP contribution in [0.2, 0.25) is 0 Å². The van der Waals surface area contributed by atoms with Gasteiger partial charge in [-0.15, -0.1) is 0 Å². The van der Waals surface area contributed by atoms with Gasteiger partial charge in [0.15, 0.2) is 5.69 Å². The van der Waals surface area contributed by atoms with Gasteiger partial charge in [0.05, 0.1) is 11.2 Å². The third kappa shape index (κ3) is 3.45. The van der Waals surface area contributed by atoms with Crippen LogP contribution in [0.25, 0.3) is 6.08 Å². The van der Waals surface area contributed by atoms with Crippen molar-refractivity contribution in [2.24, 2.45) is 0 Å². The number of halogens is 4. The predicted molar refractivity (Wildman–Crippen MR) is 78.1 cm³/mol. The van der Waals surface area contributed by atoms with Gasteiger partial charge in [-0.05, 0) is 40.7 Å². The molecule has 23 heavy (non-hydrogen) atoms. The van der Waals surface area contributed by atoms with Crippen molar-refractivity contribution in [1.29, 1.82) is 0 Å². The van der Waals surface area contributed by atoms with Gasteiger partial charge in [0.25, 0.3) is 0 Å². The lowest BCUT2D eigenvalue weighted by Crippen LogP contribution is -2.41. The minimum atomic E-state index is -4.66. The highest BCUT2D eigenvalue weighted by Gasteiger charge is 2.53. The SMILES string of the molecule is CCn1cc(C=C(F)B2OC(C)(C)C(C)(C)O2)c(C(F)(F)F)n1. The fourth-order valence-corrected chi connectivity index (χ4v) is 2.10. The van der Waals surface area contributed by atoms with E-state index in [0.717, 1.165) is 17.0 Å². The van der Waals surface area contributed by atoms with Gasteiger partial charge >= 0.3 is 13.3 Å². The van der Waals surface area contributed by atoms with Crippen LogP contribution >= 0.6 is 0 Å². The summed E-state index contributed by atoms with van der Waals surface area (Å²) in [5.74, 6) is 0. The van der Waals surface area contributed by atoms with E-state index in [-0.39, 0.29) is 12.1 Å². The van der Waals surface area contributed by atoms with Crippen molar-refractivity contribution < 1.29 is 26.9 Å². The fraction of sp³-hybridized carbons (Fsp3) is 0.643. The molecule has 1 aromatic heterocycles. The Bertz CT molecular complexity index is 607. The minimum Gasteiger partial charge on any atom is -0.398 e. The Morgan fingerprint density at radius 2 is 1.78 bits per heavy atom. The first-order valence-corrected chi connectivity index (χ1v) is 7.25. The highest BCUT2D eigenvalue weighted by atomic mass is 19.4. The lowest BCUT2D eigenvalue weighted by atomic mass is 9.87. The Morgan fingerprint density at radius 1 is 1.26 bits per heavy atom. The predicted octanol–water partition coefficient (Wildman–Crippen LogP) is 3.86. The van der Waals surface area contributed by atoms with Crippen LogP contribution in [-0.2, 0) is 22.0 Å². The van der Waals surface area contributed by atoms with Crippen LogP contribution in [0.3, 0.4) is 0 Å². The molecule has 0 spiro atoms. The summed E-state index contributed by atoms with van der Waals surface area (Å²) in [5, 5.41) is 3.44. The van der Waals surface area contributed by atoms with E-state index < -0.39 is 35.9 Å². The molecule has 1 saturated heterocycles. The zero-order valence-electron chi connectivity index (χ0n) is 13.7. The molecule has 0 radical (unpaired) electrons. The van der Waals surface area contributed by atoms with Crippen molar-refractivity contribution in [1.82, 2.24) is 9.78 Å². The molecule has 9 heteroatoms. The Balaban J connectivity index is 2.34. The molecule has 0 aromatic carbocycles. The summed E-state index contributed by atoms with van der Waals surface area (Å²) < 4.78 is 65.4. The van der Waals surface area contributed by atoms with Crippen LogP contribution in [0.5, 0.6) is 0 Å². The first-order valence-electron chi connectivity index (χ1n) is 7.25. The van der Waals surface area contributed by atoms with Gasteiger partial charge in [-0.25, -0.2) is 4.39 Å². The highest BCUT2D eigenvalue weighted by Crippen LogP contribution is 2.39. The number of rotatable bonds is 3. The molecule has 1 fully saturated rings. The quantitative estimate of drug-likeness (QED) is 0.622. The third-order valence-electron chi connectivity index (χ3n) is 4.15. The van der Waals surface area contributed by atoms with Crippen LogP contribution in [-0.4, -0.2) is 28.1 Å². The highest BCUT2D eigenvalue weighted by molar-refractivity contribution is 6.54. The molecule has 0 unspecified atom stereocenters. The zero-order valence-corrected chi connectivity index (χ0v) is 13.7. The molecule has 0 amide bonds. The minimum absolute atomic E-state index is 0.245. The molecular weight excluding hydrogens is 315 g/mol. The maximum atomic E-state index is 14.4. The zero-order chi connectivity index (χ0) is 17.6. The summed E-state index contributed by atoms with van der Waals surface area (Å²) in [6.07, 6.45) is -2.75. The van der Waals surface area contributed by atoms with Crippen molar-refractivity contribution in [3.63, 3.8) is 0 Å². The summed E-state index contributed by atoms with van der Waals surface area (Å²) in [4.78, 5) is 0. The number of alkyl halides is 3. The first-order chi connectivity index (χ1) is 10.4. The maximum Gasteiger partial charge on any atom is 0.525 e. The van der Waals surface area contributed by atoms with Crippen LogP contribution in [0, 0.1) is 0 Å². The largest absolute Gasteiger partial charge is 0.525 e. The molecule has 1 aliphatic heterocycles. The standard InChI is InChI=1S/C14H19BF4N2O2/c1-6-21-8-9(11(20-21)14(17,18)19)7-10(16)15-22-12(2,3)13(4,5)23-15/h7-8H,6H2,1-5H3. The topological polar surface area (TPSA) is 36.3 Å². The van der Waals surface area contributed by atoms with Crippen molar-refractivity contribution in [3.8, 4) is 0 Å². The summed E-state index contributed by atoms with van der Waals surface area (Å²) >= 11 is 0. The molecule has 4 nitrogen and oxygen atoms in total. The molecule has 128 valence electrons. The van der Waals surface area contributed by atoms with Crippen LogP contribution in [0.1, 0.15) is 45.9 Å². The lowest BCUT2D eigenvalue weighted by Gasteiger charge is -2.32. The summed E-state index contributed by atoms with van der Waals surface area (Å²) in [6.45, 7) is 8.82. The number of aryl methyl sites for hydroxylation is 1. The molecule has 1 aromatic rings. The van der Waals surface area contributed by atoms with Crippen LogP contribution in [0.15, 0.2) is 11.9 Å². The van der Waals surface area contributed by atoms with E-state index >= 15 is 0 Å². The number of aromatic nitrogens is 2. The fourth-order valence-electron chi connectivity index (χ4n) is 2.10.